The number of carbonyl (C=O) groups is 1. The molecule has 5 unspecified atom stereocenters. The number of nitrogens with one attached hydrogen (secondary N) is 1. The first-order valence-electron chi connectivity index (χ1n) is 12.5. The van der Waals surface area contributed by atoms with Gasteiger partial charge in [0.15, 0.2) is 5.16 Å². The summed E-state index contributed by atoms with van der Waals surface area (Å²) in [6, 6.07) is 5.00. The maximum Gasteiger partial charge on any atom is 0.233 e. The molecule has 0 radical (unpaired) electrons. The average Bonchev–Trinajstić information content (AvgIpc) is 3.60. The standard InChI is InChI=1S/C25H36N4OS2/c1-16(22-14-18-10-11-19(22)13-18)26-24(30)17(2)32-25-28-27-23(15-21-9-6-12-31-21)29(25)20-7-4-3-5-8-20/h6,9,12,16-20,22H,3-5,7-8,10-11,13-15H2,1-2H3,(H,26,30). The fourth-order valence-electron chi connectivity index (χ4n) is 6.35. The van der Waals surface area contributed by atoms with E-state index in [1.54, 1.807) is 23.1 Å². The average molecular weight is 473 g/mol. The molecule has 3 saturated carbocycles. The highest BCUT2D eigenvalue weighted by Crippen LogP contribution is 2.49. The lowest BCUT2D eigenvalue weighted by Crippen LogP contribution is -2.43. The van der Waals surface area contributed by atoms with E-state index in [1.807, 2.05) is 6.92 Å². The summed E-state index contributed by atoms with van der Waals surface area (Å²) >= 11 is 3.36. The van der Waals surface area contributed by atoms with E-state index in [1.165, 1.54) is 62.7 Å². The van der Waals surface area contributed by atoms with Crippen LogP contribution in [0, 0.1) is 17.8 Å². The van der Waals surface area contributed by atoms with Crippen LogP contribution in [0.2, 0.25) is 0 Å². The van der Waals surface area contributed by atoms with Crippen molar-refractivity contribution in [3.8, 4) is 0 Å². The van der Waals surface area contributed by atoms with Crippen molar-refractivity contribution in [3.63, 3.8) is 0 Å². The molecule has 3 aliphatic rings. The summed E-state index contributed by atoms with van der Waals surface area (Å²) in [7, 11) is 0. The second-order valence-electron chi connectivity index (χ2n) is 10.2. The van der Waals surface area contributed by atoms with Crippen LogP contribution in [-0.4, -0.2) is 32.0 Å². The zero-order valence-corrected chi connectivity index (χ0v) is 21.0. The van der Waals surface area contributed by atoms with Gasteiger partial charge >= 0.3 is 0 Å². The predicted octanol–water partition coefficient (Wildman–Crippen LogP) is 5.86. The Morgan fingerprint density at radius 1 is 1.19 bits per heavy atom. The minimum atomic E-state index is -0.169. The van der Waals surface area contributed by atoms with Gasteiger partial charge in [0.25, 0.3) is 0 Å². The van der Waals surface area contributed by atoms with Crippen molar-refractivity contribution in [1.29, 1.82) is 0 Å². The molecule has 5 nitrogen and oxygen atoms in total. The molecule has 2 heterocycles. The molecule has 2 bridgehead atoms. The largest absolute Gasteiger partial charge is 0.352 e. The zero-order chi connectivity index (χ0) is 22.1. The summed E-state index contributed by atoms with van der Waals surface area (Å²) in [4.78, 5) is 14.4. The smallest absolute Gasteiger partial charge is 0.233 e. The Morgan fingerprint density at radius 3 is 2.72 bits per heavy atom. The van der Waals surface area contributed by atoms with Gasteiger partial charge in [-0.1, -0.05) is 43.5 Å². The van der Waals surface area contributed by atoms with Gasteiger partial charge < -0.3 is 9.88 Å². The molecule has 174 valence electrons. The van der Waals surface area contributed by atoms with Crippen molar-refractivity contribution in [2.45, 2.75) is 101 Å². The monoisotopic (exact) mass is 472 g/mol. The first-order chi connectivity index (χ1) is 15.6. The lowest BCUT2D eigenvalue weighted by molar-refractivity contribution is -0.121. The minimum absolute atomic E-state index is 0.142. The van der Waals surface area contributed by atoms with Crippen LogP contribution in [0.4, 0.5) is 0 Å². The van der Waals surface area contributed by atoms with Crippen LogP contribution in [0.25, 0.3) is 0 Å². The molecule has 3 fully saturated rings. The molecule has 5 rings (SSSR count). The van der Waals surface area contributed by atoms with Gasteiger partial charge in [0.1, 0.15) is 5.82 Å². The number of aromatic nitrogens is 3. The number of thiophene rings is 1. The van der Waals surface area contributed by atoms with Crippen molar-refractivity contribution < 1.29 is 4.79 Å². The predicted molar refractivity (Wildman–Crippen MR) is 131 cm³/mol. The molecule has 3 aliphatic carbocycles. The fraction of sp³-hybridized carbons (Fsp3) is 0.720. The van der Waals surface area contributed by atoms with Crippen LogP contribution < -0.4 is 5.32 Å². The number of hydrogen-bond acceptors (Lipinski definition) is 5. The van der Waals surface area contributed by atoms with Gasteiger partial charge in [-0.05, 0) is 75.2 Å². The molecule has 1 amide bonds. The van der Waals surface area contributed by atoms with E-state index in [-0.39, 0.29) is 17.2 Å². The Bertz CT molecular complexity index is 905. The molecule has 0 saturated heterocycles. The van der Waals surface area contributed by atoms with E-state index in [2.05, 4.69) is 44.5 Å². The third-order valence-electron chi connectivity index (χ3n) is 8.04. The Hall–Kier alpha value is -1.34. The number of carbonyl (C=O) groups excluding carboxylic acids is 1. The van der Waals surface area contributed by atoms with Crippen molar-refractivity contribution in [1.82, 2.24) is 20.1 Å². The first kappa shape index (κ1) is 22.5. The topological polar surface area (TPSA) is 59.8 Å². The van der Waals surface area contributed by atoms with Gasteiger partial charge in [0.2, 0.25) is 5.91 Å². The van der Waals surface area contributed by atoms with Crippen LogP contribution in [0.15, 0.2) is 22.7 Å². The highest BCUT2D eigenvalue weighted by atomic mass is 32.2. The second kappa shape index (κ2) is 9.88. The summed E-state index contributed by atoms with van der Waals surface area (Å²) in [5.74, 6) is 3.59. The fourth-order valence-corrected chi connectivity index (χ4v) is 8.00. The summed E-state index contributed by atoms with van der Waals surface area (Å²) in [5, 5.41) is 15.4. The van der Waals surface area contributed by atoms with E-state index in [0.717, 1.165) is 29.2 Å². The highest BCUT2D eigenvalue weighted by Gasteiger charge is 2.42. The molecule has 0 spiro atoms. The van der Waals surface area contributed by atoms with E-state index in [9.17, 15) is 4.79 Å². The third kappa shape index (κ3) is 4.79. The molecule has 32 heavy (non-hydrogen) atoms. The van der Waals surface area contributed by atoms with Gasteiger partial charge in [-0.15, -0.1) is 21.5 Å². The van der Waals surface area contributed by atoms with E-state index in [0.29, 0.717) is 12.0 Å². The molecule has 0 aromatic carbocycles. The van der Waals surface area contributed by atoms with Gasteiger partial charge in [0.05, 0.1) is 5.25 Å². The summed E-state index contributed by atoms with van der Waals surface area (Å²) in [6.45, 7) is 4.23. The number of amides is 1. The first-order valence-corrected chi connectivity index (χ1v) is 14.3. The number of thioether (sulfide) groups is 1. The third-order valence-corrected chi connectivity index (χ3v) is 9.98. The number of fused-ring (bicyclic) bond motifs is 2. The van der Waals surface area contributed by atoms with Crippen molar-refractivity contribution in [3.05, 3.63) is 28.2 Å². The SMILES string of the molecule is CC(Sc1nnc(Cc2cccs2)n1C1CCCCC1)C(=O)NC(C)C1CC2CCC1C2. The lowest BCUT2D eigenvalue weighted by atomic mass is 9.84. The van der Waals surface area contributed by atoms with E-state index >= 15 is 0 Å². The Labute approximate surface area is 200 Å². The summed E-state index contributed by atoms with van der Waals surface area (Å²) in [6.07, 6.45) is 12.5. The molecule has 1 N–H and O–H groups in total. The molecule has 2 aromatic rings. The van der Waals surface area contributed by atoms with Crippen LogP contribution in [-0.2, 0) is 11.2 Å². The van der Waals surface area contributed by atoms with Gasteiger partial charge in [-0.3, -0.25) is 4.79 Å². The second-order valence-corrected chi connectivity index (χ2v) is 12.6. The van der Waals surface area contributed by atoms with Crippen LogP contribution in [0.3, 0.4) is 0 Å². The molecule has 2 aromatic heterocycles. The molecule has 0 aliphatic heterocycles. The molecule has 7 heteroatoms. The number of hydrogen-bond donors (Lipinski definition) is 1. The normalized spacial score (nSPS) is 27.5. The molecular weight excluding hydrogens is 436 g/mol. The van der Waals surface area contributed by atoms with E-state index in [4.69, 9.17) is 0 Å². The molecule has 5 atom stereocenters. The van der Waals surface area contributed by atoms with Crippen molar-refractivity contribution >= 4 is 29.0 Å². The Kier molecular flexibility index (Phi) is 6.93. The van der Waals surface area contributed by atoms with Gasteiger partial charge in [-0.25, -0.2) is 0 Å². The highest BCUT2D eigenvalue weighted by molar-refractivity contribution is 8.00. The van der Waals surface area contributed by atoms with Crippen molar-refractivity contribution in [2.24, 2.45) is 17.8 Å². The Morgan fingerprint density at radius 2 is 2.03 bits per heavy atom. The Balaban J connectivity index is 1.27. The molecular formula is C25H36N4OS2. The lowest BCUT2D eigenvalue weighted by Gasteiger charge is -2.29. The van der Waals surface area contributed by atoms with E-state index < -0.39 is 0 Å². The quantitative estimate of drug-likeness (QED) is 0.489. The van der Waals surface area contributed by atoms with Crippen LogP contribution in [0.5, 0.6) is 0 Å². The minimum Gasteiger partial charge on any atom is -0.352 e. The van der Waals surface area contributed by atoms with Crippen molar-refractivity contribution in [2.75, 3.05) is 0 Å². The van der Waals surface area contributed by atoms with Gasteiger partial charge in [-0.2, -0.15) is 0 Å². The maximum atomic E-state index is 13.1. The number of rotatable bonds is 8. The van der Waals surface area contributed by atoms with Gasteiger partial charge in [0, 0.05) is 23.4 Å². The van der Waals surface area contributed by atoms with Crippen LogP contribution >= 0.6 is 23.1 Å². The van der Waals surface area contributed by atoms with Crippen LogP contribution in [0.1, 0.15) is 88.4 Å². The summed E-state index contributed by atoms with van der Waals surface area (Å²) < 4.78 is 2.37. The maximum absolute atomic E-state index is 13.1. The number of nitrogens with zero attached hydrogens (tertiary/aromatic N) is 3. The zero-order valence-electron chi connectivity index (χ0n) is 19.3. The summed E-state index contributed by atoms with van der Waals surface area (Å²) in [5.41, 5.74) is 0.